The molecule has 4 heterocycles. The van der Waals surface area contributed by atoms with Gasteiger partial charge in [0.1, 0.15) is 38.8 Å². The number of aromatic nitrogens is 2. The van der Waals surface area contributed by atoms with Gasteiger partial charge in [-0.15, -0.1) is 13.2 Å². The molecule has 3 unspecified atom stereocenters. The van der Waals surface area contributed by atoms with Gasteiger partial charge < -0.3 is 25.4 Å². The molecule has 2 fully saturated rings. The van der Waals surface area contributed by atoms with Crippen LogP contribution in [0, 0.1) is 0 Å². The molecule has 39 heavy (non-hydrogen) atoms. The van der Waals surface area contributed by atoms with E-state index in [1.54, 1.807) is 0 Å². The first kappa shape index (κ1) is 27.1. The van der Waals surface area contributed by atoms with Crippen molar-refractivity contribution in [3.05, 3.63) is 36.2 Å². The lowest BCUT2D eigenvalue weighted by atomic mass is 10.00. The van der Waals surface area contributed by atoms with Gasteiger partial charge in [-0.05, 0) is 42.0 Å². The number of carbonyl (C=O) groups excluding carboxylic acids is 1. The summed E-state index contributed by atoms with van der Waals surface area (Å²) in [5.74, 6) is -2.67. The molecule has 16 heteroatoms. The number of amides is 1. The van der Waals surface area contributed by atoms with Gasteiger partial charge in [-0.2, -0.15) is 0 Å². The van der Waals surface area contributed by atoms with Crippen LogP contribution < -0.4 is 20.1 Å². The van der Waals surface area contributed by atoms with Gasteiger partial charge in [0.15, 0.2) is 5.13 Å². The second kappa shape index (κ2) is 10.6. The van der Waals surface area contributed by atoms with Gasteiger partial charge in [0.2, 0.25) is 5.91 Å². The zero-order valence-electron chi connectivity index (χ0n) is 20.2. The largest absolute Gasteiger partial charge is 0.573 e. The normalized spacial score (nSPS) is 19.3. The molecular weight excluding hydrogens is 561 g/mol. The van der Waals surface area contributed by atoms with Crippen LogP contribution in [-0.2, 0) is 27.0 Å². The molecule has 11 nitrogen and oxygen atoms in total. The number of nitrogens with two attached hydrogens (primary N) is 1. The van der Waals surface area contributed by atoms with Crippen LogP contribution in [0.4, 0.5) is 24.1 Å². The minimum absolute atomic E-state index is 0.00625. The second-order valence-corrected chi connectivity index (χ2v) is 11.5. The number of thiazole rings is 1. The van der Waals surface area contributed by atoms with Crippen LogP contribution in [0.1, 0.15) is 18.4 Å². The summed E-state index contributed by atoms with van der Waals surface area (Å²) in [6, 6.07) is 1.49. The quantitative estimate of drug-likeness (QED) is 0.344. The minimum atomic E-state index is -5.05. The van der Waals surface area contributed by atoms with Crippen LogP contribution in [0.2, 0.25) is 0 Å². The molecule has 0 radical (unpaired) electrons. The number of nitrogens with one attached hydrogen (secondary N) is 1. The van der Waals surface area contributed by atoms with Gasteiger partial charge in [0.05, 0.1) is 6.20 Å². The molecule has 4 N–H and O–H groups in total. The lowest BCUT2D eigenvalue weighted by Gasteiger charge is -2.30. The summed E-state index contributed by atoms with van der Waals surface area (Å²) in [7, 11) is -1.76. The number of fused-ring (bicyclic) bond motifs is 1. The Morgan fingerprint density at radius 2 is 2.08 bits per heavy atom. The molecule has 0 bridgehead atoms. The highest BCUT2D eigenvalue weighted by atomic mass is 32.2. The summed E-state index contributed by atoms with van der Waals surface area (Å²) in [6.45, 7) is 1.75. The Kier molecular flexibility index (Phi) is 7.35. The Morgan fingerprint density at radius 3 is 2.74 bits per heavy atom. The van der Waals surface area contributed by atoms with Crippen molar-refractivity contribution in [1.82, 2.24) is 19.6 Å². The number of alkyl halides is 3. The van der Waals surface area contributed by atoms with Crippen molar-refractivity contribution in [2.75, 3.05) is 30.3 Å². The molecule has 2 aliphatic heterocycles. The highest BCUT2D eigenvalue weighted by molar-refractivity contribution is 7.85. The molecule has 3 atom stereocenters. The van der Waals surface area contributed by atoms with Crippen LogP contribution >= 0.6 is 11.3 Å². The molecule has 3 aromatic rings. The molecule has 0 saturated carbocycles. The van der Waals surface area contributed by atoms with E-state index in [1.807, 2.05) is 4.90 Å². The van der Waals surface area contributed by atoms with E-state index in [4.69, 9.17) is 5.73 Å². The molecular formula is C23H23F3N6O5S2. The van der Waals surface area contributed by atoms with Gasteiger partial charge in [0, 0.05) is 37.6 Å². The maximum Gasteiger partial charge on any atom is 0.573 e. The van der Waals surface area contributed by atoms with Crippen LogP contribution in [0.25, 0.3) is 10.8 Å². The number of aliphatic carboxylic acids is 1. The maximum atomic E-state index is 13.2. The third-order valence-electron chi connectivity index (χ3n) is 6.55. The topological polar surface area (TPSA) is 151 Å². The number of likely N-dealkylation sites (tertiary alicyclic amines) is 1. The Morgan fingerprint density at radius 1 is 1.31 bits per heavy atom. The first-order valence-electron chi connectivity index (χ1n) is 11.8. The summed E-state index contributed by atoms with van der Waals surface area (Å²) in [4.78, 5) is 36.6. The van der Waals surface area contributed by atoms with Crippen LogP contribution in [0.5, 0.6) is 5.75 Å². The number of hydrogen-bond acceptors (Lipinski definition) is 9. The fraction of sp³-hybridized carbons (Fsp3) is 0.391. The molecule has 5 rings (SSSR count). The number of pyridine rings is 1. The van der Waals surface area contributed by atoms with E-state index in [2.05, 4.69) is 19.4 Å². The van der Waals surface area contributed by atoms with Crippen molar-refractivity contribution in [2.45, 2.75) is 41.9 Å². The summed E-state index contributed by atoms with van der Waals surface area (Å²) in [5.41, 5.74) is 5.72. The molecule has 1 aromatic carbocycles. The Labute approximate surface area is 226 Å². The summed E-state index contributed by atoms with van der Waals surface area (Å²) < 4.78 is 59.7. The number of halogens is 3. The molecule has 1 amide bonds. The lowest BCUT2D eigenvalue weighted by Crippen LogP contribution is -2.47. The van der Waals surface area contributed by atoms with Crippen molar-refractivity contribution in [2.24, 2.45) is 0 Å². The van der Waals surface area contributed by atoms with E-state index >= 15 is 0 Å². The van der Waals surface area contributed by atoms with Gasteiger partial charge in [-0.3, -0.25) is 4.79 Å². The molecule has 0 aliphatic carbocycles. The summed E-state index contributed by atoms with van der Waals surface area (Å²) >= 11 is 1.25. The Balaban J connectivity index is 1.35. The molecule has 2 aromatic heterocycles. The number of carboxylic acid groups (broad SMARTS) is 1. The number of benzene rings is 1. The van der Waals surface area contributed by atoms with Crippen molar-refractivity contribution < 1.29 is 36.8 Å². The first-order valence-corrected chi connectivity index (χ1v) is 13.8. The lowest BCUT2D eigenvalue weighted by molar-refractivity contribution is -0.274. The van der Waals surface area contributed by atoms with E-state index in [9.17, 15) is 32.1 Å². The monoisotopic (exact) mass is 584 g/mol. The number of carbonyl (C=O) groups is 2. The first-order chi connectivity index (χ1) is 18.5. The SMILES string of the molecule is Nc1nccc2cc(CC(C(=O)O)N3CCC(NS(=O)c4cnc(N5CCC5)s4)C3=O)c(OC(F)(F)F)cc12. The smallest absolute Gasteiger partial charge is 0.480 e. The van der Waals surface area contributed by atoms with Crippen LogP contribution in [-0.4, -0.2) is 74.1 Å². The number of nitrogen functional groups attached to an aromatic ring is 1. The standard InChI is InChI=1S/C23H23F3N6O5S2/c24-23(25,26)37-17-10-14-12(2-4-28-19(14)27)8-13(17)9-16(21(34)35)32-7-3-15(20(32)33)30-39(36)18-11-29-22(38-18)31-5-1-6-31/h2,4,8,10-11,15-16,30H,1,3,5-7,9H2,(H2,27,28)(H,34,35). The number of anilines is 2. The number of hydrogen-bond donors (Lipinski definition) is 3. The van der Waals surface area contributed by atoms with E-state index in [0.29, 0.717) is 9.60 Å². The molecule has 0 spiro atoms. The fourth-order valence-electron chi connectivity index (χ4n) is 4.49. The second-order valence-electron chi connectivity index (χ2n) is 9.05. The van der Waals surface area contributed by atoms with Gasteiger partial charge >= 0.3 is 12.3 Å². The van der Waals surface area contributed by atoms with Crippen LogP contribution in [0.3, 0.4) is 0 Å². The van der Waals surface area contributed by atoms with E-state index < -0.39 is 53.5 Å². The van der Waals surface area contributed by atoms with Crippen molar-refractivity contribution >= 4 is 55.9 Å². The highest BCUT2D eigenvalue weighted by Crippen LogP contribution is 2.34. The molecule has 208 valence electrons. The number of nitrogens with zero attached hydrogens (tertiary/aromatic N) is 4. The zero-order valence-corrected chi connectivity index (χ0v) is 21.8. The predicted molar refractivity (Wildman–Crippen MR) is 137 cm³/mol. The summed E-state index contributed by atoms with van der Waals surface area (Å²) in [6.07, 6.45) is -1.44. The van der Waals surface area contributed by atoms with Gasteiger partial charge in [-0.25, -0.2) is 23.7 Å². The predicted octanol–water partition coefficient (Wildman–Crippen LogP) is 2.29. The number of carboxylic acids is 1. The zero-order chi connectivity index (χ0) is 27.9. The molecule has 2 aliphatic rings. The van der Waals surface area contributed by atoms with Crippen molar-refractivity contribution in [3.63, 3.8) is 0 Å². The van der Waals surface area contributed by atoms with E-state index in [-0.39, 0.29) is 29.7 Å². The average Bonchev–Trinajstić information content (AvgIpc) is 3.43. The Hall–Kier alpha value is -3.50. The van der Waals surface area contributed by atoms with Gasteiger partial charge in [-0.1, -0.05) is 11.3 Å². The van der Waals surface area contributed by atoms with Gasteiger partial charge in [0.25, 0.3) is 0 Å². The number of ether oxygens (including phenoxy) is 1. The Bertz CT molecular complexity index is 1450. The fourth-order valence-corrected chi connectivity index (χ4v) is 6.60. The minimum Gasteiger partial charge on any atom is -0.480 e. The number of rotatable bonds is 9. The van der Waals surface area contributed by atoms with Crippen molar-refractivity contribution in [3.8, 4) is 5.75 Å². The van der Waals surface area contributed by atoms with Crippen molar-refractivity contribution in [1.29, 1.82) is 0 Å². The third kappa shape index (κ3) is 5.77. The maximum absolute atomic E-state index is 13.2. The summed E-state index contributed by atoms with van der Waals surface area (Å²) in [5, 5.41) is 11.3. The average molecular weight is 585 g/mol. The van der Waals surface area contributed by atoms with E-state index in [1.165, 1.54) is 35.9 Å². The molecule has 2 saturated heterocycles. The highest BCUT2D eigenvalue weighted by Gasteiger charge is 2.41. The van der Waals surface area contributed by atoms with E-state index in [0.717, 1.165) is 35.6 Å². The van der Waals surface area contributed by atoms with Crippen LogP contribution in [0.15, 0.2) is 34.8 Å². The third-order valence-corrected chi connectivity index (χ3v) is 9.07.